The molecule has 1 heterocycles. The average molecular weight is 392 g/mol. The van der Waals surface area contributed by atoms with Crippen LogP contribution in [0.4, 0.5) is 0 Å². The van der Waals surface area contributed by atoms with Crippen molar-refractivity contribution >= 4 is 5.78 Å². The van der Waals surface area contributed by atoms with Gasteiger partial charge in [0, 0.05) is 52.5 Å². The number of ether oxygens (including phenoxy) is 2. The van der Waals surface area contributed by atoms with Gasteiger partial charge >= 0.3 is 0 Å². The van der Waals surface area contributed by atoms with Crippen molar-refractivity contribution in [3.8, 4) is 0 Å². The molecule has 0 aliphatic carbocycles. The van der Waals surface area contributed by atoms with E-state index in [0.717, 1.165) is 38.3 Å². The van der Waals surface area contributed by atoms with Gasteiger partial charge in [0.15, 0.2) is 5.78 Å². The molecule has 6 nitrogen and oxygen atoms in total. The zero-order valence-electron chi connectivity index (χ0n) is 17.6. The minimum Gasteiger partial charge on any atom is -0.383 e. The molecule has 158 valence electrons. The van der Waals surface area contributed by atoms with E-state index < -0.39 is 0 Å². The topological polar surface area (TPSA) is 54.0 Å². The minimum atomic E-state index is 0.154. The lowest BCUT2D eigenvalue weighted by Gasteiger charge is -2.26. The number of carbonyl (C=O) groups is 1. The lowest BCUT2D eigenvalue weighted by molar-refractivity contribution is 0.0989. The molecule has 0 unspecified atom stereocenters. The van der Waals surface area contributed by atoms with Crippen molar-refractivity contribution in [3.63, 3.8) is 0 Å². The molecule has 1 saturated heterocycles. The molecular formula is C22H37N3O3. The first-order valence-electron chi connectivity index (χ1n) is 10.5. The number of likely N-dealkylation sites (tertiary alicyclic amines) is 1. The molecule has 0 radical (unpaired) electrons. The normalized spacial score (nSPS) is 15.2. The maximum atomic E-state index is 12.4. The first kappa shape index (κ1) is 23.0. The first-order chi connectivity index (χ1) is 13.7. The van der Waals surface area contributed by atoms with Gasteiger partial charge in [-0.3, -0.25) is 9.69 Å². The van der Waals surface area contributed by atoms with Crippen molar-refractivity contribution in [2.75, 3.05) is 73.2 Å². The number of rotatable bonds is 14. The van der Waals surface area contributed by atoms with Gasteiger partial charge in [-0.15, -0.1) is 0 Å². The molecule has 1 aliphatic rings. The van der Waals surface area contributed by atoms with Gasteiger partial charge in [-0.05, 0) is 31.5 Å². The first-order valence-corrected chi connectivity index (χ1v) is 10.5. The summed E-state index contributed by atoms with van der Waals surface area (Å²) in [6.07, 6.45) is 3.97. The number of ketones is 1. The van der Waals surface area contributed by atoms with Crippen LogP contribution in [0.1, 0.15) is 35.2 Å². The Kier molecular flexibility index (Phi) is 11.3. The van der Waals surface area contributed by atoms with Gasteiger partial charge in [-0.1, -0.05) is 30.7 Å². The predicted octanol–water partition coefficient (Wildman–Crippen LogP) is 2.04. The second-order valence-corrected chi connectivity index (χ2v) is 7.46. The highest BCUT2D eigenvalue weighted by Crippen LogP contribution is 2.09. The van der Waals surface area contributed by atoms with E-state index in [1.807, 2.05) is 24.3 Å². The van der Waals surface area contributed by atoms with Crippen molar-refractivity contribution < 1.29 is 14.3 Å². The maximum absolute atomic E-state index is 12.4. The number of hydrogen-bond donors (Lipinski definition) is 1. The van der Waals surface area contributed by atoms with E-state index in [9.17, 15) is 4.79 Å². The van der Waals surface area contributed by atoms with E-state index in [0.29, 0.717) is 19.8 Å². The van der Waals surface area contributed by atoms with Crippen LogP contribution in [0.25, 0.3) is 0 Å². The Balaban J connectivity index is 1.72. The smallest absolute Gasteiger partial charge is 0.176 e. The zero-order chi connectivity index (χ0) is 20.0. The average Bonchev–Trinajstić information content (AvgIpc) is 2.74. The van der Waals surface area contributed by atoms with Gasteiger partial charge in [-0.25, -0.2) is 0 Å². The number of carbonyl (C=O) groups excluding carboxylic acids is 1. The summed E-state index contributed by atoms with van der Waals surface area (Å²) in [7, 11) is 3.44. The van der Waals surface area contributed by atoms with Gasteiger partial charge in [0.05, 0.1) is 19.8 Å². The van der Waals surface area contributed by atoms with Crippen molar-refractivity contribution in [2.45, 2.75) is 25.8 Å². The molecule has 1 aromatic carbocycles. The van der Waals surface area contributed by atoms with Crippen LogP contribution < -0.4 is 5.32 Å². The summed E-state index contributed by atoms with van der Waals surface area (Å²) in [6, 6.07) is 7.98. The number of Topliss-reactive ketones (excluding diaryl/α,β-unsaturated/α-hetero) is 1. The summed E-state index contributed by atoms with van der Waals surface area (Å²) in [6.45, 7) is 8.65. The fourth-order valence-electron chi connectivity index (χ4n) is 3.49. The number of methoxy groups -OCH3 is 2. The van der Waals surface area contributed by atoms with Crippen molar-refractivity contribution in [2.24, 2.45) is 0 Å². The number of nitrogens with zero attached hydrogens (tertiary/aromatic N) is 2. The van der Waals surface area contributed by atoms with Crippen LogP contribution in [0, 0.1) is 0 Å². The Labute approximate surface area is 170 Å². The highest BCUT2D eigenvalue weighted by Gasteiger charge is 2.11. The maximum Gasteiger partial charge on any atom is 0.176 e. The fraction of sp³-hybridized carbons (Fsp3) is 0.682. The van der Waals surface area contributed by atoms with Crippen LogP contribution in [-0.4, -0.2) is 88.8 Å². The second kappa shape index (κ2) is 13.8. The van der Waals surface area contributed by atoms with Crippen LogP contribution >= 0.6 is 0 Å². The highest BCUT2D eigenvalue weighted by atomic mass is 16.5. The van der Waals surface area contributed by atoms with Gasteiger partial charge in [0.25, 0.3) is 0 Å². The van der Waals surface area contributed by atoms with E-state index in [2.05, 4.69) is 15.1 Å². The predicted molar refractivity (Wildman–Crippen MR) is 113 cm³/mol. The Morgan fingerprint density at radius 3 is 2.29 bits per heavy atom. The lowest BCUT2D eigenvalue weighted by atomic mass is 10.1. The van der Waals surface area contributed by atoms with E-state index in [4.69, 9.17) is 9.47 Å². The number of nitrogens with one attached hydrogen (secondary N) is 1. The van der Waals surface area contributed by atoms with Gasteiger partial charge in [0.2, 0.25) is 0 Å². The van der Waals surface area contributed by atoms with Crippen LogP contribution in [-0.2, 0) is 16.0 Å². The standard InChI is InChI=1S/C22H37N3O3/c1-27-16-14-25(15-17-28-2)19-20-6-8-21(9-7-20)22(26)18-23-10-13-24-11-4-3-5-12-24/h6-9,23H,3-5,10-19H2,1-2H3. The third kappa shape index (κ3) is 8.80. The third-order valence-electron chi connectivity index (χ3n) is 5.24. The van der Waals surface area contributed by atoms with Gasteiger partial charge < -0.3 is 19.7 Å². The summed E-state index contributed by atoms with van der Waals surface area (Å²) in [5, 5.41) is 3.30. The molecule has 1 aliphatic heterocycles. The van der Waals surface area contributed by atoms with Crippen LogP contribution in [0.15, 0.2) is 24.3 Å². The van der Waals surface area contributed by atoms with Gasteiger partial charge in [-0.2, -0.15) is 0 Å². The molecule has 6 heteroatoms. The van der Waals surface area contributed by atoms with E-state index in [-0.39, 0.29) is 5.78 Å². The molecule has 0 amide bonds. The van der Waals surface area contributed by atoms with Crippen molar-refractivity contribution in [1.29, 1.82) is 0 Å². The molecule has 1 fully saturated rings. The zero-order valence-corrected chi connectivity index (χ0v) is 17.6. The summed E-state index contributed by atoms with van der Waals surface area (Å²) >= 11 is 0. The van der Waals surface area contributed by atoms with E-state index in [1.165, 1.54) is 37.9 Å². The largest absolute Gasteiger partial charge is 0.383 e. The highest BCUT2D eigenvalue weighted by molar-refractivity contribution is 5.97. The van der Waals surface area contributed by atoms with Crippen LogP contribution in [0.5, 0.6) is 0 Å². The Morgan fingerprint density at radius 2 is 1.68 bits per heavy atom. The lowest BCUT2D eigenvalue weighted by Crippen LogP contribution is -2.37. The quantitative estimate of drug-likeness (QED) is 0.387. The Morgan fingerprint density at radius 1 is 1.04 bits per heavy atom. The molecule has 0 aromatic heterocycles. The second-order valence-electron chi connectivity index (χ2n) is 7.46. The molecular weight excluding hydrogens is 354 g/mol. The van der Waals surface area contributed by atoms with Gasteiger partial charge in [0.1, 0.15) is 0 Å². The van der Waals surface area contributed by atoms with E-state index >= 15 is 0 Å². The third-order valence-corrected chi connectivity index (χ3v) is 5.24. The monoisotopic (exact) mass is 391 g/mol. The summed E-state index contributed by atoms with van der Waals surface area (Å²) in [5.74, 6) is 0.154. The molecule has 1 aromatic rings. The Hall–Kier alpha value is -1.31. The number of benzene rings is 1. The van der Waals surface area contributed by atoms with Crippen molar-refractivity contribution in [1.82, 2.24) is 15.1 Å². The number of hydrogen-bond acceptors (Lipinski definition) is 6. The molecule has 1 N–H and O–H groups in total. The SMILES string of the molecule is COCCN(CCOC)Cc1ccc(C(=O)CNCCN2CCCCC2)cc1. The molecule has 0 spiro atoms. The molecule has 0 bridgehead atoms. The molecule has 28 heavy (non-hydrogen) atoms. The summed E-state index contributed by atoms with van der Waals surface area (Å²) in [4.78, 5) is 17.2. The fourth-order valence-corrected chi connectivity index (χ4v) is 3.49. The summed E-state index contributed by atoms with van der Waals surface area (Å²) < 4.78 is 10.4. The number of piperidine rings is 1. The minimum absolute atomic E-state index is 0.154. The molecule has 2 rings (SSSR count). The molecule has 0 saturated carbocycles. The van der Waals surface area contributed by atoms with Crippen LogP contribution in [0.2, 0.25) is 0 Å². The Bertz CT molecular complexity index is 536. The molecule has 0 atom stereocenters. The van der Waals surface area contributed by atoms with Crippen molar-refractivity contribution in [3.05, 3.63) is 35.4 Å². The van der Waals surface area contributed by atoms with E-state index in [1.54, 1.807) is 14.2 Å². The van der Waals surface area contributed by atoms with Crippen LogP contribution in [0.3, 0.4) is 0 Å². The summed E-state index contributed by atoms with van der Waals surface area (Å²) in [5.41, 5.74) is 1.97.